The number of nitrogens with two attached hydrogens (primary N) is 1. The van der Waals surface area contributed by atoms with Gasteiger partial charge in [0, 0.05) is 12.6 Å². The molecule has 0 aromatic heterocycles. The summed E-state index contributed by atoms with van der Waals surface area (Å²) in [5.41, 5.74) is 5.69. The van der Waals surface area contributed by atoms with Crippen LogP contribution in [0.25, 0.3) is 0 Å². The molecule has 3 N–H and O–H groups in total. The molecule has 5 heteroatoms. The molecule has 2 atom stereocenters. The first-order valence-electron chi connectivity index (χ1n) is 4.12. The molecule has 0 spiro atoms. The molecular formula is C7H15NO3S. The van der Waals surface area contributed by atoms with E-state index >= 15 is 0 Å². The van der Waals surface area contributed by atoms with Gasteiger partial charge in [-0.2, -0.15) is 0 Å². The monoisotopic (exact) mass is 193 g/mol. The summed E-state index contributed by atoms with van der Waals surface area (Å²) < 4.78 is 22.1. The number of hydrogen-bond donors (Lipinski definition) is 2. The minimum Gasteiger partial charge on any atom is -0.396 e. The van der Waals surface area contributed by atoms with Crippen LogP contribution in [-0.4, -0.2) is 37.7 Å². The maximum absolute atomic E-state index is 11.0. The highest BCUT2D eigenvalue weighted by molar-refractivity contribution is 7.91. The Balaban J connectivity index is 2.46. The van der Waals surface area contributed by atoms with E-state index in [1.807, 2.05) is 0 Å². The zero-order valence-electron chi connectivity index (χ0n) is 6.94. The van der Waals surface area contributed by atoms with Crippen molar-refractivity contribution in [1.82, 2.24) is 0 Å². The van der Waals surface area contributed by atoms with Gasteiger partial charge in [-0.3, -0.25) is 0 Å². The average molecular weight is 193 g/mol. The van der Waals surface area contributed by atoms with Gasteiger partial charge >= 0.3 is 0 Å². The Morgan fingerprint density at radius 1 is 1.58 bits per heavy atom. The van der Waals surface area contributed by atoms with E-state index in [9.17, 15) is 8.42 Å². The van der Waals surface area contributed by atoms with Gasteiger partial charge in [0.1, 0.15) is 0 Å². The summed E-state index contributed by atoms with van der Waals surface area (Å²) in [6, 6.07) is -0.160. The SMILES string of the molecule is NC(CCO)C1CCS(=O)(=O)C1. The second-order valence-corrected chi connectivity index (χ2v) is 5.57. The van der Waals surface area contributed by atoms with Gasteiger partial charge in [0.25, 0.3) is 0 Å². The standard InChI is InChI=1S/C7H15NO3S/c8-7(1-3-9)6-2-4-12(10,11)5-6/h6-7,9H,1-5,8H2. The Kier molecular flexibility index (Phi) is 3.09. The molecule has 1 saturated heterocycles. The molecule has 12 heavy (non-hydrogen) atoms. The lowest BCUT2D eigenvalue weighted by atomic mass is 9.98. The van der Waals surface area contributed by atoms with E-state index in [0.717, 1.165) is 0 Å². The van der Waals surface area contributed by atoms with Crippen molar-refractivity contribution in [3.05, 3.63) is 0 Å². The van der Waals surface area contributed by atoms with Gasteiger partial charge in [-0.05, 0) is 18.8 Å². The molecule has 0 saturated carbocycles. The van der Waals surface area contributed by atoms with Crippen LogP contribution in [0.1, 0.15) is 12.8 Å². The molecule has 0 aromatic carbocycles. The van der Waals surface area contributed by atoms with Crippen molar-refractivity contribution in [2.45, 2.75) is 18.9 Å². The first kappa shape index (κ1) is 9.95. The van der Waals surface area contributed by atoms with Crippen LogP contribution in [0.15, 0.2) is 0 Å². The minimum atomic E-state index is -2.82. The molecule has 0 radical (unpaired) electrons. The third kappa shape index (κ3) is 2.43. The Labute approximate surface area is 72.7 Å². The van der Waals surface area contributed by atoms with E-state index in [2.05, 4.69) is 0 Å². The molecule has 72 valence electrons. The molecule has 2 unspecified atom stereocenters. The molecule has 1 aliphatic heterocycles. The van der Waals surface area contributed by atoms with Crippen LogP contribution in [0.3, 0.4) is 0 Å². The maximum Gasteiger partial charge on any atom is 0.150 e. The fraction of sp³-hybridized carbons (Fsp3) is 1.00. The highest BCUT2D eigenvalue weighted by Gasteiger charge is 2.31. The van der Waals surface area contributed by atoms with E-state index in [1.165, 1.54) is 0 Å². The summed E-state index contributed by atoms with van der Waals surface area (Å²) in [6.45, 7) is 0.0394. The fourth-order valence-electron chi connectivity index (χ4n) is 1.55. The molecule has 4 nitrogen and oxygen atoms in total. The van der Waals surface area contributed by atoms with Crippen LogP contribution in [-0.2, 0) is 9.84 Å². The Hall–Kier alpha value is -0.130. The zero-order valence-corrected chi connectivity index (χ0v) is 7.76. The van der Waals surface area contributed by atoms with Crippen molar-refractivity contribution in [3.63, 3.8) is 0 Å². The van der Waals surface area contributed by atoms with Gasteiger partial charge in [-0.25, -0.2) is 8.42 Å². The van der Waals surface area contributed by atoms with Gasteiger partial charge in [-0.15, -0.1) is 0 Å². The number of sulfone groups is 1. The second kappa shape index (κ2) is 3.72. The van der Waals surface area contributed by atoms with Gasteiger partial charge in [0.2, 0.25) is 0 Å². The van der Waals surface area contributed by atoms with Crippen LogP contribution in [0.2, 0.25) is 0 Å². The van der Waals surface area contributed by atoms with E-state index in [1.54, 1.807) is 0 Å². The zero-order chi connectivity index (χ0) is 9.19. The molecule has 1 fully saturated rings. The topological polar surface area (TPSA) is 80.4 Å². The molecule has 0 bridgehead atoms. The molecule has 1 aliphatic rings. The van der Waals surface area contributed by atoms with Crippen LogP contribution < -0.4 is 5.73 Å². The molecule has 0 aliphatic carbocycles. The fourth-order valence-corrected chi connectivity index (χ4v) is 3.44. The van der Waals surface area contributed by atoms with Crippen molar-refractivity contribution >= 4 is 9.84 Å². The van der Waals surface area contributed by atoms with Gasteiger partial charge in [0.15, 0.2) is 9.84 Å². The number of rotatable bonds is 3. The Morgan fingerprint density at radius 3 is 2.67 bits per heavy atom. The first-order valence-corrected chi connectivity index (χ1v) is 5.94. The minimum absolute atomic E-state index is 0.0394. The second-order valence-electron chi connectivity index (χ2n) is 3.34. The van der Waals surface area contributed by atoms with Crippen molar-refractivity contribution in [2.24, 2.45) is 11.7 Å². The normalized spacial score (nSPS) is 30.3. The van der Waals surface area contributed by atoms with Crippen LogP contribution >= 0.6 is 0 Å². The van der Waals surface area contributed by atoms with Crippen molar-refractivity contribution in [1.29, 1.82) is 0 Å². The molecule has 0 aromatic rings. The van der Waals surface area contributed by atoms with Crippen molar-refractivity contribution in [2.75, 3.05) is 18.1 Å². The van der Waals surface area contributed by atoms with Crippen molar-refractivity contribution < 1.29 is 13.5 Å². The van der Waals surface area contributed by atoms with Gasteiger partial charge in [0.05, 0.1) is 11.5 Å². The highest BCUT2D eigenvalue weighted by atomic mass is 32.2. The van der Waals surface area contributed by atoms with Crippen molar-refractivity contribution in [3.8, 4) is 0 Å². The third-order valence-corrected chi connectivity index (χ3v) is 4.13. The third-order valence-electron chi connectivity index (χ3n) is 2.34. The summed E-state index contributed by atoms with van der Waals surface area (Å²) in [5.74, 6) is 0.521. The number of hydrogen-bond acceptors (Lipinski definition) is 4. The highest BCUT2D eigenvalue weighted by Crippen LogP contribution is 2.21. The van der Waals surface area contributed by atoms with Gasteiger partial charge < -0.3 is 10.8 Å². The van der Waals surface area contributed by atoms with Crippen LogP contribution in [0.4, 0.5) is 0 Å². The summed E-state index contributed by atoms with van der Waals surface area (Å²) in [6.07, 6.45) is 1.16. The number of aliphatic hydroxyl groups is 1. The smallest absolute Gasteiger partial charge is 0.150 e. The largest absolute Gasteiger partial charge is 0.396 e. The molecule has 1 rings (SSSR count). The summed E-state index contributed by atoms with van der Waals surface area (Å²) in [4.78, 5) is 0. The van der Waals surface area contributed by atoms with Gasteiger partial charge in [-0.1, -0.05) is 0 Å². The Bertz CT molecular complexity index is 237. The van der Waals surface area contributed by atoms with E-state index in [4.69, 9.17) is 10.8 Å². The lowest BCUT2D eigenvalue weighted by molar-refractivity contribution is 0.259. The molecule has 0 amide bonds. The first-order chi connectivity index (χ1) is 5.55. The average Bonchev–Trinajstić information content (AvgIpc) is 2.31. The predicted molar refractivity (Wildman–Crippen MR) is 46.4 cm³/mol. The quantitative estimate of drug-likeness (QED) is 0.610. The molecule has 1 heterocycles. The van der Waals surface area contributed by atoms with E-state index < -0.39 is 9.84 Å². The summed E-state index contributed by atoms with van der Waals surface area (Å²) in [5, 5.41) is 8.60. The lowest BCUT2D eigenvalue weighted by Gasteiger charge is -2.15. The predicted octanol–water partition coefficient (Wildman–Crippen LogP) is -0.869. The summed E-state index contributed by atoms with van der Waals surface area (Å²) in [7, 11) is -2.82. The van der Waals surface area contributed by atoms with Crippen LogP contribution in [0, 0.1) is 5.92 Å². The lowest BCUT2D eigenvalue weighted by Crippen LogP contribution is -2.31. The Morgan fingerprint density at radius 2 is 2.25 bits per heavy atom. The molecular weight excluding hydrogens is 178 g/mol. The number of aliphatic hydroxyl groups excluding tert-OH is 1. The maximum atomic E-state index is 11.0. The van der Waals surface area contributed by atoms with E-state index in [0.29, 0.717) is 12.8 Å². The van der Waals surface area contributed by atoms with E-state index in [-0.39, 0.29) is 30.1 Å². The summed E-state index contributed by atoms with van der Waals surface area (Å²) >= 11 is 0. The van der Waals surface area contributed by atoms with Crippen LogP contribution in [0.5, 0.6) is 0 Å².